The van der Waals surface area contributed by atoms with Gasteiger partial charge in [0.25, 0.3) is 0 Å². The van der Waals surface area contributed by atoms with Crippen LogP contribution in [0.15, 0.2) is 58.5 Å². The molecule has 0 radical (unpaired) electrons. The second-order valence-corrected chi connectivity index (χ2v) is 6.94. The van der Waals surface area contributed by atoms with Gasteiger partial charge in [-0.15, -0.1) is 0 Å². The molecule has 1 saturated heterocycles. The summed E-state index contributed by atoms with van der Waals surface area (Å²) in [6, 6.07) is 10.4. The van der Waals surface area contributed by atoms with Crippen molar-refractivity contribution in [2.75, 3.05) is 36.5 Å². The molecule has 7 nitrogen and oxygen atoms in total. The van der Waals surface area contributed by atoms with Crippen LogP contribution in [-0.4, -0.2) is 49.4 Å². The summed E-state index contributed by atoms with van der Waals surface area (Å²) in [4.78, 5) is 12.0. The number of morpholine rings is 1. The number of alkyl halides is 3. The molecule has 0 aliphatic carbocycles. The molecule has 4 rings (SSSR count). The Labute approximate surface area is 175 Å². The van der Waals surface area contributed by atoms with Gasteiger partial charge < -0.3 is 20.7 Å². The van der Waals surface area contributed by atoms with Crippen LogP contribution in [0.3, 0.4) is 0 Å². The Bertz CT molecular complexity index is 986. The summed E-state index contributed by atoms with van der Waals surface area (Å²) in [7, 11) is 0. The average molecular weight is 436 g/mol. The molecule has 1 atom stereocenters. The van der Waals surface area contributed by atoms with Crippen LogP contribution in [0.25, 0.3) is 0 Å². The van der Waals surface area contributed by atoms with Gasteiger partial charge in [0.05, 0.1) is 18.8 Å². The number of aliphatic imine (C=N–C) groups is 2. The molecule has 31 heavy (non-hydrogen) atoms. The van der Waals surface area contributed by atoms with E-state index < -0.39 is 23.8 Å². The smallest absolute Gasteiger partial charge is 0.378 e. The van der Waals surface area contributed by atoms with E-state index in [1.807, 2.05) is 4.90 Å². The van der Waals surface area contributed by atoms with Crippen molar-refractivity contribution in [1.29, 1.82) is 0 Å². The number of nitrogens with one attached hydrogen (secondary N) is 1. The van der Waals surface area contributed by atoms with Gasteiger partial charge in [-0.25, -0.2) is 9.38 Å². The van der Waals surface area contributed by atoms with Crippen molar-refractivity contribution in [2.24, 2.45) is 15.7 Å². The van der Waals surface area contributed by atoms with E-state index >= 15 is 0 Å². The van der Waals surface area contributed by atoms with Crippen molar-refractivity contribution in [3.05, 3.63) is 59.9 Å². The van der Waals surface area contributed by atoms with Crippen molar-refractivity contribution in [2.45, 2.75) is 12.5 Å². The van der Waals surface area contributed by atoms with Crippen molar-refractivity contribution < 1.29 is 22.3 Å². The maximum Gasteiger partial charge on any atom is 0.416 e. The van der Waals surface area contributed by atoms with Crippen molar-refractivity contribution in [1.82, 2.24) is 4.90 Å². The SMILES string of the molecule is NC1=NC(Nc2ccc(F)cc2)N(c2cccc(C(F)(F)F)c2)C(N2CCOCC2)=N1. The fourth-order valence-corrected chi connectivity index (χ4v) is 3.34. The first-order valence-electron chi connectivity index (χ1n) is 9.54. The third kappa shape index (κ3) is 4.71. The van der Waals surface area contributed by atoms with E-state index in [1.165, 1.54) is 30.3 Å². The van der Waals surface area contributed by atoms with Gasteiger partial charge in [-0.05, 0) is 42.5 Å². The van der Waals surface area contributed by atoms with Gasteiger partial charge in [-0.2, -0.15) is 18.2 Å². The molecule has 0 amide bonds. The first-order valence-corrected chi connectivity index (χ1v) is 9.54. The third-order valence-electron chi connectivity index (χ3n) is 4.81. The molecule has 2 aliphatic heterocycles. The molecule has 2 aromatic rings. The molecular formula is C20H20F4N6O. The number of halogens is 4. The molecule has 0 aromatic heterocycles. The summed E-state index contributed by atoms with van der Waals surface area (Å²) in [5, 5.41) is 3.09. The van der Waals surface area contributed by atoms with Gasteiger partial charge in [0.1, 0.15) is 5.82 Å². The van der Waals surface area contributed by atoms with Gasteiger partial charge in [-0.3, -0.25) is 4.90 Å². The zero-order chi connectivity index (χ0) is 22.0. The Morgan fingerprint density at radius 2 is 1.77 bits per heavy atom. The van der Waals surface area contributed by atoms with Gasteiger partial charge in [0.2, 0.25) is 18.2 Å². The molecule has 2 heterocycles. The predicted molar refractivity (Wildman–Crippen MR) is 109 cm³/mol. The van der Waals surface area contributed by atoms with Crippen molar-refractivity contribution in [3.63, 3.8) is 0 Å². The van der Waals surface area contributed by atoms with E-state index in [0.29, 0.717) is 38.0 Å². The highest BCUT2D eigenvalue weighted by Gasteiger charge is 2.35. The Balaban J connectivity index is 1.75. The summed E-state index contributed by atoms with van der Waals surface area (Å²) in [6.45, 7) is 1.88. The van der Waals surface area contributed by atoms with Crippen LogP contribution in [0.2, 0.25) is 0 Å². The van der Waals surface area contributed by atoms with E-state index in [4.69, 9.17) is 10.5 Å². The van der Waals surface area contributed by atoms with Crippen LogP contribution in [0, 0.1) is 5.82 Å². The van der Waals surface area contributed by atoms with Gasteiger partial charge in [-0.1, -0.05) is 6.07 Å². The number of hydrogen-bond donors (Lipinski definition) is 2. The molecule has 0 spiro atoms. The second-order valence-electron chi connectivity index (χ2n) is 6.94. The predicted octanol–water partition coefficient (Wildman–Crippen LogP) is 3.06. The average Bonchev–Trinajstić information content (AvgIpc) is 2.75. The second kappa shape index (κ2) is 8.42. The van der Waals surface area contributed by atoms with Gasteiger partial charge in [0.15, 0.2) is 0 Å². The number of rotatable bonds is 3. The minimum atomic E-state index is -4.51. The summed E-state index contributed by atoms with van der Waals surface area (Å²) in [6.07, 6.45) is -5.41. The lowest BCUT2D eigenvalue weighted by atomic mass is 10.1. The first kappa shape index (κ1) is 20.9. The first-order chi connectivity index (χ1) is 14.8. The lowest BCUT2D eigenvalue weighted by Gasteiger charge is -2.41. The van der Waals surface area contributed by atoms with E-state index in [1.54, 1.807) is 11.0 Å². The molecule has 1 fully saturated rings. The molecule has 2 aromatic carbocycles. The topological polar surface area (TPSA) is 78.5 Å². The number of benzene rings is 2. The monoisotopic (exact) mass is 436 g/mol. The highest BCUT2D eigenvalue weighted by molar-refractivity contribution is 6.06. The molecule has 3 N–H and O–H groups in total. The van der Waals surface area contributed by atoms with E-state index in [-0.39, 0.29) is 11.6 Å². The molecule has 164 valence electrons. The fourth-order valence-electron chi connectivity index (χ4n) is 3.34. The molecule has 11 heteroatoms. The Morgan fingerprint density at radius 1 is 1.06 bits per heavy atom. The van der Waals surface area contributed by atoms with Crippen LogP contribution in [0.1, 0.15) is 5.56 Å². The van der Waals surface area contributed by atoms with Crippen molar-refractivity contribution in [3.8, 4) is 0 Å². The Hall–Kier alpha value is -3.34. The quantitative estimate of drug-likeness (QED) is 0.724. The summed E-state index contributed by atoms with van der Waals surface area (Å²) >= 11 is 0. The number of guanidine groups is 2. The van der Waals surface area contributed by atoms with Crippen LogP contribution in [0.5, 0.6) is 0 Å². The summed E-state index contributed by atoms with van der Waals surface area (Å²) in [5.74, 6) is -0.0819. The summed E-state index contributed by atoms with van der Waals surface area (Å²) < 4.78 is 58.7. The highest BCUT2D eigenvalue weighted by atomic mass is 19.4. The number of hydrogen-bond acceptors (Lipinski definition) is 7. The molecule has 0 saturated carbocycles. The number of ether oxygens (including phenoxy) is 1. The Morgan fingerprint density at radius 3 is 2.45 bits per heavy atom. The molecule has 0 bridgehead atoms. The Kier molecular flexibility index (Phi) is 5.68. The van der Waals surface area contributed by atoms with E-state index in [0.717, 1.165) is 12.1 Å². The zero-order valence-electron chi connectivity index (χ0n) is 16.3. The normalized spacial score (nSPS) is 19.7. The molecule has 1 unspecified atom stereocenters. The van der Waals surface area contributed by atoms with Crippen LogP contribution in [0.4, 0.5) is 28.9 Å². The third-order valence-corrected chi connectivity index (χ3v) is 4.81. The standard InChI is InChI=1S/C20H20F4N6O/c21-14-4-6-15(7-5-14)26-18-27-17(25)28-19(29-8-10-31-11-9-29)30(18)16-3-1-2-13(12-16)20(22,23)24/h1-7,12,18,26H,8-11H2,(H2,25,27). The largest absolute Gasteiger partial charge is 0.416 e. The lowest BCUT2D eigenvalue weighted by Crippen LogP contribution is -2.57. The van der Waals surface area contributed by atoms with Gasteiger partial charge in [0, 0.05) is 24.5 Å². The zero-order valence-corrected chi connectivity index (χ0v) is 16.3. The highest BCUT2D eigenvalue weighted by Crippen LogP contribution is 2.33. The summed E-state index contributed by atoms with van der Waals surface area (Å²) in [5.41, 5.74) is 5.89. The van der Waals surface area contributed by atoms with E-state index in [9.17, 15) is 17.6 Å². The number of nitrogens with zero attached hydrogens (tertiary/aromatic N) is 4. The van der Waals surface area contributed by atoms with Crippen LogP contribution < -0.4 is 16.0 Å². The van der Waals surface area contributed by atoms with Crippen molar-refractivity contribution >= 4 is 23.3 Å². The molecular weight excluding hydrogens is 416 g/mol. The van der Waals surface area contributed by atoms with Crippen LogP contribution in [-0.2, 0) is 10.9 Å². The molecule has 2 aliphatic rings. The maximum absolute atomic E-state index is 13.4. The lowest BCUT2D eigenvalue weighted by molar-refractivity contribution is -0.137. The minimum Gasteiger partial charge on any atom is -0.378 e. The number of nitrogens with two attached hydrogens (primary N) is 1. The van der Waals surface area contributed by atoms with E-state index in [2.05, 4.69) is 15.3 Å². The number of anilines is 2. The maximum atomic E-state index is 13.4. The van der Waals surface area contributed by atoms with Gasteiger partial charge >= 0.3 is 6.18 Å². The fraction of sp³-hybridized carbons (Fsp3) is 0.300. The minimum absolute atomic E-state index is 0.0238. The van der Waals surface area contributed by atoms with Crippen LogP contribution >= 0.6 is 0 Å².